The van der Waals surface area contributed by atoms with E-state index in [-0.39, 0.29) is 5.91 Å². The van der Waals surface area contributed by atoms with Crippen molar-refractivity contribution in [2.45, 2.75) is 38.8 Å². The third kappa shape index (κ3) is 4.41. The van der Waals surface area contributed by atoms with Gasteiger partial charge in [0.1, 0.15) is 0 Å². The molecule has 4 rings (SSSR count). The zero-order valence-corrected chi connectivity index (χ0v) is 18.5. The van der Waals surface area contributed by atoms with Crippen LogP contribution >= 0.6 is 11.8 Å². The first-order chi connectivity index (χ1) is 14.5. The number of aryl methyl sites for hydroxylation is 2. The third-order valence-corrected chi connectivity index (χ3v) is 6.39. The van der Waals surface area contributed by atoms with E-state index in [1.807, 2.05) is 21.6 Å². The number of rotatable bonds is 5. The molecule has 1 saturated heterocycles. The van der Waals surface area contributed by atoms with Crippen molar-refractivity contribution in [1.29, 1.82) is 0 Å². The third-order valence-electron chi connectivity index (χ3n) is 5.48. The molecule has 0 aliphatic carbocycles. The minimum atomic E-state index is 0.171. The van der Waals surface area contributed by atoms with Crippen molar-refractivity contribution in [3.8, 4) is 17.1 Å². The van der Waals surface area contributed by atoms with Crippen LogP contribution in [-0.2, 0) is 4.79 Å². The second kappa shape index (κ2) is 9.00. The largest absolute Gasteiger partial charge is 0.342 e. The predicted molar refractivity (Wildman–Crippen MR) is 120 cm³/mol. The van der Waals surface area contributed by atoms with Gasteiger partial charge in [0, 0.05) is 31.0 Å². The Morgan fingerprint density at radius 1 is 1.23 bits per heavy atom. The molecule has 1 aromatic carbocycles. The van der Waals surface area contributed by atoms with Crippen LogP contribution in [0.2, 0.25) is 0 Å². The summed E-state index contributed by atoms with van der Waals surface area (Å²) in [7, 11) is 0. The summed E-state index contributed by atoms with van der Waals surface area (Å²) in [4.78, 5) is 19.0. The van der Waals surface area contributed by atoms with Gasteiger partial charge in [-0.1, -0.05) is 36.4 Å². The van der Waals surface area contributed by atoms with E-state index in [2.05, 4.69) is 54.2 Å². The summed E-state index contributed by atoms with van der Waals surface area (Å²) in [5.41, 5.74) is 4.26. The van der Waals surface area contributed by atoms with Crippen LogP contribution in [0.1, 0.15) is 30.9 Å². The maximum absolute atomic E-state index is 12.8. The number of carbonyl (C=O) groups is 1. The van der Waals surface area contributed by atoms with Crippen LogP contribution in [0.25, 0.3) is 17.1 Å². The SMILES string of the molecule is Cc1ccc(-n2c(SCC(=O)N3CCC[C@@H](C)C3)nnc2-c2cccnc2)c(C)c1. The average molecular weight is 422 g/mol. The Labute approximate surface area is 181 Å². The number of benzene rings is 1. The summed E-state index contributed by atoms with van der Waals surface area (Å²) < 4.78 is 2.04. The smallest absolute Gasteiger partial charge is 0.233 e. The molecule has 30 heavy (non-hydrogen) atoms. The molecule has 7 heteroatoms. The van der Waals surface area contributed by atoms with Gasteiger partial charge < -0.3 is 4.90 Å². The quantitative estimate of drug-likeness (QED) is 0.575. The van der Waals surface area contributed by atoms with Gasteiger partial charge in [0.15, 0.2) is 11.0 Å². The number of likely N-dealkylation sites (tertiary alicyclic amines) is 1. The fourth-order valence-corrected chi connectivity index (χ4v) is 4.80. The van der Waals surface area contributed by atoms with Crippen LogP contribution < -0.4 is 0 Å². The minimum Gasteiger partial charge on any atom is -0.342 e. The number of aromatic nitrogens is 4. The molecule has 0 radical (unpaired) electrons. The average Bonchev–Trinajstić information content (AvgIpc) is 3.16. The van der Waals surface area contributed by atoms with Gasteiger partial charge in [-0.25, -0.2) is 0 Å². The first kappa shape index (κ1) is 20.6. The number of thioether (sulfide) groups is 1. The van der Waals surface area contributed by atoms with E-state index >= 15 is 0 Å². The fraction of sp³-hybridized carbons (Fsp3) is 0.391. The molecule has 3 aromatic rings. The number of piperidine rings is 1. The predicted octanol–water partition coefficient (Wildman–Crippen LogP) is 4.30. The molecule has 6 nitrogen and oxygen atoms in total. The Bertz CT molecular complexity index is 1030. The molecule has 1 atom stereocenters. The van der Waals surface area contributed by atoms with E-state index in [9.17, 15) is 4.79 Å². The van der Waals surface area contributed by atoms with Gasteiger partial charge in [-0.2, -0.15) is 0 Å². The van der Waals surface area contributed by atoms with E-state index < -0.39 is 0 Å². The molecule has 0 unspecified atom stereocenters. The van der Waals surface area contributed by atoms with E-state index in [0.29, 0.717) is 11.7 Å². The molecule has 0 bridgehead atoms. The van der Waals surface area contributed by atoms with Crippen molar-refractivity contribution in [3.05, 3.63) is 53.9 Å². The summed E-state index contributed by atoms with van der Waals surface area (Å²) in [5, 5.41) is 9.62. The highest BCUT2D eigenvalue weighted by molar-refractivity contribution is 7.99. The van der Waals surface area contributed by atoms with E-state index in [0.717, 1.165) is 47.3 Å². The molecule has 0 spiro atoms. The first-order valence-electron chi connectivity index (χ1n) is 10.4. The second-order valence-corrected chi connectivity index (χ2v) is 8.99. The molecule has 1 aliphatic rings. The molecule has 0 N–H and O–H groups in total. The summed E-state index contributed by atoms with van der Waals surface area (Å²) >= 11 is 1.45. The molecule has 156 valence electrons. The number of nitrogens with zero attached hydrogens (tertiary/aromatic N) is 5. The Kier molecular flexibility index (Phi) is 6.18. The van der Waals surface area contributed by atoms with Crippen molar-refractivity contribution < 1.29 is 4.79 Å². The molecular formula is C23H27N5OS. The highest BCUT2D eigenvalue weighted by atomic mass is 32.2. The van der Waals surface area contributed by atoms with Gasteiger partial charge in [0.05, 0.1) is 11.4 Å². The number of carbonyl (C=O) groups excluding carboxylic acids is 1. The van der Waals surface area contributed by atoms with Gasteiger partial charge in [-0.3, -0.25) is 14.3 Å². The molecular weight excluding hydrogens is 394 g/mol. The van der Waals surface area contributed by atoms with Crippen LogP contribution in [0, 0.1) is 19.8 Å². The summed E-state index contributed by atoms with van der Waals surface area (Å²) in [6, 6.07) is 10.2. The lowest BCUT2D eigenvalue weighted by Gasteiger charge is -2.30. The Morgan fingerprint density at radius 3 is 2.83 bits per heavy atom. The number of amides is 1. The fourth-order valence-electron chi connectivity index (χ4n) is 3.95. The highest BCUT2D eigenvalue weighted by Gasteiger charge is 2.23. The molecule has 1 fully saturated rings. The molecule has 0 saturated carbocycles. The monoisotopic (exact) mass is 421 g/mol. The van der Waals surface area contributed by atoms with E-state index in [1.54, 1.807) is 12.4 Å². The van der Waals surface area contributed by atoms with Gasteiger partial charge in [0.25, 0.3) is 0 Å². The lowest BCUT2D eigenvalue weighted by atomic mass is 10.0. The summed E-state index contributed by atoms with van der Waals surface area (Å²) in [6.45, 7) is 8.09. The maximum Gasteiger partial charge on any atom is 0.233 e. The Morgan fingerprint density at radius 2 is 2.10 bits per heavy atom. The normalized spacial score (nSPS) is 16.6. The Balaban J connectivity index is 1.64. The maximum atomic E-state index is 12.8. The number of pyridine rings is 1. The Hall–Kier alpha value is -2.67. The first-order valence-corrected chi connectivity index (χ1v) is 11.4. The van der Waals surface area contributed by atoms with Crippen molar-refractivity contribution in [2.75, 3.05) is 18.8 Å². The lowest BCUT2D eigenvalue weighted by molar-refractivity contribution is -0.130. The zero-order valence-electron chi connectivity index (χ0n) is 17.7. The van der Waals surface area contributed by atoms with Gasteiger partial charge in [0.2, 0.25) is 5.91 Å². The van der Waals surface area contributed by atoms with Crippen LogP contribution in [0.15, 0.2) is 47.9 Å². The molecule has 1 aliphatic heterocycles. The summed E-state index contributed by atoms with van der Waals surface area (Å²) in [5.74, 6) is 1.84. The topological polar surface area (TPSA) is 63.9 Å². The lowest BCUT2D eigenvalue weighted by Crippen LogP contribution is -2.40. The van der Waals surface area contributed by atoms with Crippen LogP contribution in [0.5, 0.6) is 0 Å². The summed E-state index contributed by atoms with van der Waals surface area (Å²) in [6.07, 6.45) is 5.82. The van der Waals surface area contributed by atoms with Crippen molar-refractivity contribution in [3.63, 3.8) is 0 Å². The zero-order chi connectivity index (χ0) is 21.1. The van der Waals surface area contributed by atoms with Gasteiger partial charge >= 0.3 is 0 Å². The van der Waals surface area contributed by atoms with Crippen molar-refractivity contribution >= 4 is 17.7 Å². The molecule has 1 amide bonds. The van der Waals surface area contributed by atoms with Gasteiger partial charge in [-0.15, -0.1) is 10.2 Å². The van der Waals surface area contributed by atoms with Crippen molar-refractivity contribution in [1.82, 2.24) is 24.6 Å². The molecule has 2 aromatic heterocycles. The van der Waals surface area contributed by atoms with Crippen molar-refractivity contribution in [2.24, 2.45) is 5.92 Å². The van der Waals surface area contributed by atoms with Crippen LogP contribution in [-0.4, -0.2) is 49.4 Å². The minimum absolute atomic E-state index is 0.171. The highest BCUT2D eigenvalue weighted by Crippen LogP contribution is 2.30. The number of hydrogen-bond acceptors (Lipinski definition) is 5. The molecule has 3 heterocycles. The number of hydrogen-bond donors (Lipinski definition) is 0. The van der Waals surface area contributed by atoms with E-state index in [1.165, 1.54) is 23.7 Å². The van der Waals surface area contributed by atoms with E-state index in [4.69, 9.17) is 0 Å². The van der Waals surface area contributed by atoms with Gasteiger partial charge in [-0.05, 0) is 56.4 Å². The van der Waals surface area contributed by atoms with Crippen LogP contribution in [0.3, 0.4) is 0 Å². The standard InChI is InChI=1S/C23H27N5OS/c1-16-8-9-20(18(3)12-16)28-22(19-7-4-10-24-13-19)25-26-23(28)30-15-21(29)27-11-5-6-17(2)14-27/h4,7-10,12-13,17H,5-6,11,14-15H2,1-3H3/t17-/m1/s1. The second-order valence-electron chi connectivity index (χ2n) is 8.05. The van der Waals surface area contributed by atoms with Crippen LogP contribution in [0.4, 0.5) is 0 Å².